The summed E-state index contributed by atoms with van der Waals surface area (Å²) in [7, 11) is 1.57. The summed E-state index contributed by atoms with van der Waals surface area (Å²) in [5, 5.41) is 3.15. The first-order chi connectivity index (χ1) is 9.22. The fourth-order valence-corrected chi connectivity index (χ4v) is 2.10. The van der Waals surface area contributed by atoms with E-state index in [9.17, 15) is 0 Å². The summed E-state index contributed by atoms with van der Waals surface area (Å²) in [4.78, 5) is 8.40. The number of benzene rings is 1. The summed E-state index contributed by atoms with van der Waals surface area (Å²) in [5.41, 5.74) is 2.22. The summed E-state index contributed by atoms with van der Waals surface area (Å²) in [6, 6.07) is 8.06. The summed E-state index contributed by atoms with van der Waals surface area (Å²) in [6.07, 6.45) is 1.66. The van der Waals surface area contributed by atoms with Crippen LogP contribution in [0, 0.1) is 0 Å². The van der Waals surface area contributed by atoms with Crippen LogP contribution in [0.15, 0.2) is 34.9 Å². The van der Waals surface area contributed by atoms with Crippen molar-refractivity contribution in [3.63, 3.8) is 0 Å². The molecular weight excluding hydrogens is 330 g/mol. The van der Waals surface area contributed by atoms with Gasteiger partial charge in [-0.3, -0.25) is 0 Å². The zero-order valence-corrected chi connectivity index (χ0v) is 12.7. The van der Waals surface area contributed by atoms with Crippen molar-refractivity contribution in [1.82, 2.24) is 9.97 Å². The van der Waals surface area contributed by atoms with E-state index < -0.39 is 0 Å². The number of anilines is 1. The van der Waals surface area contributed by atoms with Crippen molar-refractivity contribution in [2.24, 2.45) is 0 Å². The highest BCUT2D eigenvalue weighted by molar-refractivity contribution is 9.10. The van der Waals surface area contributed by atoms with Gasteiger partial charge in [-0.15, -0.1) is 11.6 Å². The molecule has 100 valence electrons. The third-order valence-corrected chi connectivity index (χ3v) is 3.35. The van der Waals surface area contributed by atoms with E-state index in [4.69, 9.17) is 16.3 Å². The van der Waals surface area contributed by atoms with Crippen molar-refractivity contribution in [2.45, 2.75) is 12.4 Å². The van der Waals surface area contributed by atoms with Gasteiger partial charge in [0.2, 0.25) is 11.8 Å². The number of hydrogen-bond acceptors (Lipinski definition) is 4. The summed E-state index contributed by atoms with van der Waals surface area (Å²) in [6.45, 7) is 0.634. The van der Waals surface area contributed by atoms with Crippen molar-refractivity contribution < 1.29 is 4.74 Å². The second-order valence-electron chi connectivity index (χ2n) is 3.86. The van der Waals surface area contributed by atoms with Crippen LogP contribution in [0.2, 0.25) is 0 Å². The molecule has 0 aliphatic rings. The third kappa shape index (κ3) is 3.81. The Morgan fingerprint density at radius 2 is 2.16 bits per heavy atom. The van der Waals surface area contributed by atoms with E-state index in [-0.39, 0.29) is 0 Å². The van der Waals surface area contributed by atoms with Crippen LogP contribution < -0.4 is 10.1 Å². The molecule has 0 radical (unpaired) electrons. The van der Waals surface area contributed by atoms with Gasteiger partial charge in [-0.05, 0) is 27.1 Å². The molecule has 0 aliphatic heterocycles. The first kappa shape index (κ1) is 14.1. The van der Waals surface area contributed by atoms with Crippen LogP contribution in [0.3, 0.4) is 0 Å². The Hall–Kier alpha value is -1.33. The minimum Gasteiger partial charge on any atom is -0.480 e. The van der Waals surface area contributed by atoms with Crippen LogP contribution in [0.5, 0.6) is 5.88 Å². The Bertz CT molecular complexity index is 565. The molecule has 0 atom stereocenters. The molecule has 0 amide bonds. The van der Waals surface area contributed by atoms with Gasteiger partial charge in [0, 0.05) is 12.4 Å². The summed E-state index contributed by atoms with van der Waals surface area (Å²) < 4.78 is 5.85. The van der Waals surface area contributed by atoms with Gasteiger partial charge in [0.1, 0.15) is 0 Å². The maximum atomic E-state index is 5.81. The number of halogens is 2. The van der Waals surface area contributed by atoms with Gasteiger partial charge in [0.05, 0.1) is 17.8 Å². The highest BCUT2D eigenvalue weighted by Gasteiger charge is 2.04. The zero-order chi connectivity index (χ0) is 13.7. The molecule has 0 bridgehead atoms. The van der Waals surface area contributed by atoms with Crippen LogP contribution in [0.25, 0.3) is 0 Å². The van der Waals surface area contributed by atoms with Crippen molar-refractivity contribution >= 4 is 33.5 Å². The van der Waals surface area contributed by atoms with Gasteiger partial charge in [-0.25, -0.2) is 4.98 Å². The molecule has 0 saturated heterocycles. The zero-order valence-electron chi connectivity index (χ0n) is 10.4. The van der Waals surface area contributed by atoms with Crippen LogP contribution in [-0.4, -0.2) is 17.1 Å². The van der Waals surface area contributed by atoms with Crippen molar-refractivity contribution in [2.75, 3.05) is 12.4 Å². The van der Waals surface area contributed by atoms with Gasteiger partial charge in [-0.1, -0.05) is 24.3 Å². The maximum Gasteiger partial charge on any atom is 0.232 e. The smallest absolute Gasteiger partial charge is 0.232 e. The largest absolute Gasteiger partial charge is 0.480 e. The Labute approximate surface area is 125 Å². The molecule has 19 heavy (non-hydrogen) atoms. The van der Waals surface area contributed by atoms with Gasteiger partial charge in [0.25, 0.3) is 0 Å². The molecule has 0 spiro atoms. The Morgan fingerprint density at radius 3 is 2.89 bits per heavy atom. The summed E-state index contributed by atoms with van der Waals surface area (Å²) in [5.74, 6) is 1.54. The molecule has 2 rings (SSSR count). The normalized spacial score (nSPS) is 10.3. The molecule has 0 aliphatic carbocycles. The molecule has 1 N–H and O–H groups in total. The minimum absolute atomic E-state index is 0.506. The lowest BCUT2D eigenvalue weighted by Gasteiger charge is -2.08. The predicted octanol–water partition coefficient (Wildman–Crippen LogP) is 3.60. The molecule has 0 saturated carbocycles. The van der Waals surface area contributed by atoms with E-state index in [0.29, 0.717) is 24.3 Å². The number of rotatable bonds is 5. The average Bonchev–Trinajstić information content (AvgIpc) is 2.46. The van der Waals surface area contributed by atoms with E-state index in [0.717, 1.165) is 15.6 Å². The second-order valence-corrected chi connectivity index (χ2v) is 4.98. The van der Waals surface area contributed by atoms with Crippen LogP contribution >= 0.6 is 27.5 Å². The molecule has 1 aromatic carbocycles. The third-order valence-electron chi connectivity index (χ3n) is 2.50. The van der Waals surface area contributed by atoms with E-state index in [1.807, 2.05) is 18.2 Å². The maximum absolute atomic E-state index is 5.81. The summed E-state index contributed by atoms with van der Waals surface area (Å²) >= 11 is 9.12. The minimum atomic E-state index is 0.506. The van der Waals surface area contributed by atoms with Gasteiger partial charge >= 0.3 is 0 Å². The van der Waals surface area contributed by atoms with E-state index in [2.05, 4.69) is 37.3 Å². The Balaban J connectivity index is 2.05. The monoisotopic (exact) mass is 341 g/mol. The fourth-order valence-electron chi connectivity index (χ4n) is 1.58. The number of nitrogens with zero attached hydrogens (tertiary/aromatic N) is 2. The van der Waals surface area contributed by atoms with Crippen molar-refractivity contribution in [3.8, 4) is 5.88 Å². The lowest BCUT2D eigenvalue weighted by atomic mass is 10.1. The fraction of sp³-hybridized carbons (Fsp3) is 0.231. The average molecular weight is 343 g/mol. The number of alkyl halides is 1. The lowest BCUT2D eigenvalue weighted by molar-refractivity contribution is 0.394. The number of aromatic nitrogens is 2. The quantitative estimate of drug-likeness (QED) is 0.843. The van der Waals surface area contributed by atoms with E-state index in [1.54, 1.807) is 13.3 Å². The number of ether oxygens (including phenoxy) is 1. The highest BCUT2D eigenvalue weighted by Crippen LogP contribution is 2.22. The first-order valence-electron chi connectivity index (χ1n) is 5.67. The second kappa shape index (κ2) is 6.73. The number of hydrogen-bond donors (Lipinski definition) is 1. The Morgan fingerprint density at radius 1 is 1.37 bits per heavy atom. The highest BCUT2D eigenvalue weighted by atomic mass is 79.9. The van der Waals surface area contributed by atoms with Crippen LogP contribution in [0.4, 0.5) is 5.95 Å². The molecular formula is C13H13BrClN3O. The molecule has 1 heterocycles. The molecule has 0 fully saturated rings. The number of nitrogens with one attached hydrogen (secondary N) is 1. The SMILES string of the molecule is COc1nc(NCc2cccc(CCl)c2)ncc1Br. The molecule has 2 aromatic rings. The Kier molecular flexibility index (Phi) is 4.99. The first-order valence-corrected chi connectivity index (χ1v) is 7.00. The van der Waals surface area contributed by atoms with Gasteiger partial charge in [0.15, 0.2) is 0 Å². The van der Waals surface area contributed by atoms with Crippen molar-refractivity contribution in [3.05, 3.63) is 46.1 Å². The van der Waals surface area contributed by atoms with Crippen molar-refractivity contribution in [1.29, 1.82) is 0 Å². The van der Waals surface area contributed by atoms with Crippen LogP contribution in [0.1, 0.15) is 11.1 Å². The van der Waals surface area contributed by atoms with Crippen LogP contribution in [-0.2, 0) is 12.4 Å². The van der Waals surface area contributed by atoms with E-state index >= 15 is 0 Å². The lowest BCUT2D eigenvalue weighted by Crippen LogP contribution is -2.04. The number of methoxy groups -OCH3 is 1. The molecule has 0 unspecified atom stereocenters. The van der Waals surface area contributed by atoms with E-state index in [1.165, 1.54) is 0 Å². The van der Waals surface area contributed by atoms with Gasteiger partial charge < -0.3 is 10.1 Å². The molecule has 6 heteroatoms. The molecule has 4 nitrogen and oxygen atoms in total. The van der Waals surface area contributed by atoms with Gasteiger partial charge in [-0.2, -0.15) is 4.98 Å². The predicted molar refractivity (Wildman–Crippen MR) is 79.6 cm³/mol. The topological polar surface area (TPSA) is 47.0 Å². The molecule has 1 aromatic heterocycles. The standard InChI is InChI=1S/C13H13BrClN3O/c1-19-12-11(14)8-17-13(18-12)16-7-10-4-2-3-9(5-10)6-15/h2-5,8H,6-7H2,1H3,(H,16,17,18).